The second kappa shape index (κ2) is 5.88. The van der Waals surface area contributed by atoms with Gasteiger partial charge in [-0.1, -0.05) is 32.0 Å². The van der Waals surface area contributed by atoms with Crippen molar-refractivity contribution in [3.05, 3.63) is 70.1 Å². The maximum Gasteiger partial charge on any atom is 0.248 e. The van der Waals surface area contributed by atoms with E-state index in [1.54, 1.807) is 6.07 Å². The molecule has 2 aromatic heterocycles. The molecule has 0 radical (unpaired) electrons. The van der Waals surface area contributed by atoms with Gasteiger partial charge in [-0.3, -0.25) is 4.79 Å². The van der Waals surface area contributed by atoms with Crippen LogP contribution in [0.3, 0.4) is 0 Å². The maximum atomic E-state index is 11.5. The van der Waals surface area contributed by atoms with Crippen LogP contribution in [-0.4, -0.2) is 16.5 Å². The van der Waals surface area contributed by atoms with Gasteiger partial charge in [-0.25, -0.2) is 4.98 Å². The highest BCUT2D eigenvalue weighted by Gasteiger charge is 2.21. The van der Waals surface area contributed by atoms with Crippen molar-refractivity contribution in [3.8, 4) is 0 Å². The monoisotopic (exact) mass is 307 g/mol. The van der Waals surface area contributed by atoms with Gasteiger partial charge in [-0.05, 0) is 36.8 Å². The Bertz CT molecular complexity index is 896. The van der Waals surface area contributed by atoms with E-state index in [0.29, 0.717) is 6.54 Å². The van der Waals surface area contributed by atoms with Crippen LogP contribution in [0.25, 0.3) is 10.9 Å². The number of anilines is 1. The zero-order valence-electron chi connectivity index (χ0n) is 13.7. The first kappa shape index (κ1) is 15.3. The van der Waals surface area contributed by atoms with Crippen LogP contribution in [0.5, 0.6) is 0 Å². The molecule has 0 atom stereocenters. The van der Waals surface area contributed by atoms with Crippen molar-refractivity contribution in [2.75, 3.05) is 11.9 Å². The van der Waals surface area contributed by atoms with Gasteiger partial charge in [0.15, 0.2) is 0 Å². The van der Waals surface area contributed by atoms with Crippen LogP contribution in [0, 0.1) is 6.92 Å². The molecule has 0 spiro atoms. The Balaban J connectivity index is 1.80. The van der Waals surface area contributed by atoms with E-state index in [4.69, 9.17) is 0 Å². The molecule has 118 valence electrons. The van der Waals surface area contributed by atoms with Crippen molar-refractivity contribution in [2.24, 2.45) is 0 Å². The Labute approximate surface area is 135 Å². The molecule has 0 unspecified atom stereocenters. The molecule has 0 fully saturated rings. The van der Waals surface area contributed by atoms with Crippen molar-refractivity contribution < 1.29 is 0 Å². The van der Waals surface area contributed by atoms with E-state index < -0.39 is 0 Å². The molecule has 4 nitrogen and oxygen atoms in total. The second-order valence-corrected chi connectivity index (χ2v) is 6.56. The van der Waals surface area contributed by atoms with Crippen LogP contribution in [0.2, 0.25) is 0 Å². The first-order valence-electron chi connectivity index (χ1n) is 7.75. The molecule has 0 amide bonds. The molecule has 0 aliphatic heterocycles. The number of hydrogen-bond donors (Lipinski definition) is 2. The molecule has 3 aromatic rings. The summed E-state index contributed by atoms with van der Waals surface area (Å²) in [5, 5.41) is 4.51. The minimum absolute atomic E-state index is 0.0742. The standard InChI is InChI=1S/C19H21N3O/c1-13-7-8-14-9-10-17(21-15(14)11-13)20-12-19(2,3)16-5-4-6-18(23)22-16/h4-11H,12H2,1-3H3,(H,20,21)(H,22,23). The van der Waals surface area contributed by atoms with Gasteiger partial charge in [-0.2, -0.15) is 0 Å². The van der Waals surface area contributed by atoms with Crippen molar-refractivity contribution in [1.29, 1.82) is 0 Å². The third-order valence-electron chi connectivity index (χ3n) is 4.06. The molecule has 0 saturated carbocycles. The third-order valence-corrected chi connectivity index (χ3v) is 4.06. The average molecular weight is 307 g/mol. The van der Waals surface area contributed by atoms with Crippen molar-refractivity contribution in [3.63, 3.8) is 0 Å². The largest absolute Gasteiger partial charge is 0.369 e. The predicted octanol–water partition coefficient (Wildman–Crippen LogP) is 3.62. The number of hydrogen-bond acceptors (Lipinski definition) is 3. The Morgan fingerprint density at radius 3 is 2.70 bits per heavy atom. The number of benzene rings is 1. The summed E-state index contributed by atoms with van der Waals surface area (Å²) in [5.41, 5.74) is 2.82. The van der Waals surface area contributed by atoms with Crippen molar-refractivity contribution >= 4 is 16.7 Å². The lowest BCUT2D eigenvalue weighted by Gasteiger charge is -2.25. The van der Waals surface area contributed by atoms with E-state index in [2.05, 4.69) is 60.3 Å². The summed E-state index contributed by atoms with van der Waals surface area (Å²) >= 11 is 0. The number of nitrogens with zero attached hydrogens (tertiary/aromatic N) is 1. The summed E-state index contributed by atoms with van der Waals surface area (Å²) in [4.78, 5) is 19.1. The number of rotatable bonds is 4. The van der Waals surface area contributed by atoms with Crippen LogP contribution in [0.1, 0.15) is 25.1 Å². The zero-order valence-corrected chi connectivity index (χ0v) is 13.7. The van der Waals surface area contributed by atoms with Crippen LogP contribution >= 0.6 is 0 Å². The number of aromatic amines is 1. The minimum Gasteiger partial charge on any atom is -0.369 e. The van der Waals surface area contributed by atoms with Gasteiger partial charge >= 0.3 is 0 Å². The number of aryl methyl sites for hydroxylation is 1. The predicted molar refractivity (Wildman–Crippen MR) is 95.1 cm³/mol. The summed E-state index contributed by atoms with van der Waals surface area (Å²) in [6.45, 7) is 6.93. The highest BCUT2D eigenvalue weighted by atomic mass is 16.1. The van der Waals surface area contributed by atoms with Crippen LogP contribution in [0.15, 0.2) is 53.3 Å². The SMILES string of the molecule is Cc1ccc2ccc(NCC(C)(C)c3cccc(=O)[nH]3)nc2c1. The molecule has 2 N–H and O–H groups in total. The molecular weight excluding hydrogens is 286 g/mol. The molecule has 2 heterocycles. The molecule has 0 aliphatic carbocycles. The smallest absolute Gasteiger partial charge is 0.248 e. The first-order valence-corrected chi connectivity index (χ1v) is 7.75. The van der Waals surface area contributed by atoms with Gasteiger partial charge in [0.05, 0.1) is 5.52 Å². The van der Waals surface area contributed by atoms with Gasteiger partial charge in [0.25, 0.3) is 0 Å². The van der Waals surface area contributed by atoms with Crippen molar-refractivity contribution in [2.45, 2.75) is 26.2 Å². The van der Waals surface area contributed by atoms with Crippen LogP contribution in [-0.2, 0) is 5.41 Å². The Morgan fingerprint density at radius 2 is 1.91 bits per heavy atom. The van der Waals surface area contributed by atoms with E-state index >= 15 is 0 Å². The molecule has 3 rings (SSSR count). The lowest BCUT2D eigenvalue weighted by Crippen LogP contribution is -2.30. The third kappa shape index (κ3) is 3.42. The fourth-order valence-electron chi connectivity index (χ4n) is 2.58. The summed E-state index contributed by atoms with van der Waals surface area (Å²) in [5.74, 6) is 0.842. The number of fused-ring (bicyclic) bond motifs is 1. The van der Waals surface area contributed by atoms with E-state index in [1.807, 2.05) is 12.1 Å². The summed E-state index contributed by atoms with van der Waals surface area (Å²) < 4.78 is 0. The molecule has 0 aliphatic rings. The van der Waals surface area contributed by atoms with E-state index in [1.165, 1.54) is 11.6 Å². The van der Waals surface area contributed by atoms with Gasteiger partial charge < -0.3 is 10.3 Å². The van der Waals surface area contributed by atoms with E-state index in [9.17, 15) is 4.79 Å². The molecular formula is C19H21N3O. The number of pyridine rings is 2. The average Bonchev–Trinajstić information content (AvgIpc) is 2.52. The minimum atomic E-state index is -0.205. The van der Waals surface area contributed by atoms with Crippen LogP contribution < -0.4 is 10.9 Å². The fourth-order valence-corrected chi connectivity index (χ4v) is 2.58. The summed E-state index contributed by atoms with van der Waals surface area (Å²) in [7, 11) is 0. The Morgan fingerprint density at radius 1 is 1.13 bits per heavy atom. The normalized spacial score (nSPS) is 11.6. The fraction of sp³-hybridized carbons (Fsp3) is 0.263. The summed E-state index contributed by atoms with van der Waals surface area (Å²) in [6.07, 6.45) is 0. The zero-order chi connectivity index (χ0) is 16.4. The van der Waals surface area contributed by atoms with Gasteiger partial charge in [0.2, 0.25) is 5.56 Å². The van der Waals surface area contributed by atoms with Crippen LogP contribution in [0.4, 0.5) is 5.82 Å². The van der Waals surface area contributed by atoms with Gasteiger partial charge in [0.1, 0.15) is 5.82 Å². The van der Waals surface area contributed by atoms with E-state index in [0.717, 1.165) is 22.4 Å². The molecule has 0 saturated heterocycles. The lowest BCUT2D eigenvalue weighted by atomic mass is 9.88. The van der Waals surface area contributed by atoms with Gasteiger partial charge in [-0.15, -0.1) is 0 Å². The molecule has 0 bridgehead atoms. The number of nitrogens with one attached hydrogen (secondary N) is 2. The highest BCUT2D eigenvalue weighted by molar-refractivity contribution is 5.80. The highest BCUT2D eigenvalue weighted by Crippen LogP contribution is 2.22. The molecule has 1 aromatic carbocycles. The Hall–Kier alpha value is -2.62. The topological polar surface area (TPSA) is 57.8 Å². The van der Waals surface area contributed by atoms with E-state index in [-0.39, 0.29) is 11.0 Å². The first-order chi connectivity index (χ1) is 10.9. The maximum absolute atomic E-state index is 11.5. The lowest BCUT2D eigenvalue weighted by molar-refractivity contribution is 0.536. The Kier molecular flexibility index (Phi) is 3.90. The van der Waals surface area contributed by atoms with Crippen molar-refractivity contribution in [1.82, 2.24) is 9.97 Å². The quantitative estimate of drug-likeness (QED) is 0.774. The molecule has 4 heteroatoms. The van der Waals surface area contributed by atoms with Gasteiger partial charge in [0, 0.05) is 29.1 Å². The number of H-pyrrole nitrogens is 1. The summed E-state index contributed by atoms with van der Waals surface area (Å²) in [6, 6.07) is 15.6. The second-order valence-electron chi connectivity index (χ2n) is 6.56. The number of aromatic nitrogens is 2. The molecule has 23 heavy (non-hydrogen) atoms.